The molecule has 1 aromatic rings. The third-order valence-corrected chi connectivity index (χ3v) is 2.03. The van der Waals surface area contributed by atoms with Crippen molar-refractivity contribution in [3.05, 3.63) is 9.67 Å². The number of methoxy groups -OCH3 is 1. The van der Waals surface area contributed by atoms with Gasteiger partial charge in [-0.1, -0.05) is 11.6 Å². The fraction of sp³-hybridized carbons (Fsp3) is 0.600. The Balaban J connectivity index is 3.07. The molecule has 0 bridgehead atoms. The average molecular weight is 195 g/mol. The Kier molecular flexibility index (Phi) is 2.51. The Labute approximate surface area is 72.4 Å². The van der Waals surface area contributed by atoms with Crippen LogP contribution in [0.15, 0.2) is 4.79 Å². The first-order chi connectivity index (χ1) is 5.15. The predicted molar refractivity (Wildman–Crippen MR) is 43.5 cm³/mol. The Hall–Kier alpha value is -0.550. The maximum atomic E-state index is 11.0. The second-order valence-corrected chi connectivity index (χ2v) is 3.39. The van der Waals surface area contributed by atoms with E-state index in [2.05, 4.69) is 5.10 Å². The van der Waals surface area contributed by atoms with Crippen LogP contribution in [-0.4, -0.2) is 16.9 Å². The number of rotatable bonds is 2. The van der Waals surface area contributed by atoms with Crippen molar-refractivity contribution < 1.29 is 4.74 Å². The summed E-state index contributed by atoms with van der Waals surface area (Å²) in [6, 6.07) is 0. The summed E-state index contributed by atoms with van der Waals surface area (Å²) in [5.74, 6) is 0. The molecule has 1 heterocycles. The lowest BCUT2D eigenvalue weighted by Gasteiger charge is -1.97. The van der Waals surface area contributed by atoms with Gasteiger partial charge in [0.1, 0.15) is 5.50 Å². The minimum Gasteiger partial charge on any atom is -0.472 e. The van der Waals surface area contributed by atoms with Gasteiger partial charge < -0.3 is 4.74 Å². The molecule has 1 atom stereocenters. The van der Waals surface area contributed by atoms with E-state index in [4.69, 9.17) is 16.3 Å². The summed E-state index contributed by atoms with van der Waals surface area (Å²) >= 11 is 6.56. The summed E-state index contributed by atoms with van der Waals surface area (Å²) in [6.45, 7) is 1.67. The molecule has 1 aromatic heterocycles. The summed E-state index contributed by atoms with van der Waals surface area (Å²) in [5, 5.41) is 4.13. The maximum absolute atomic E-state index is 11.0. The Morgan fingerprint density at radius 3 is 2.73 bits per heavy atom. The number of halogens is 1. The van der Waals surface area contributed by atoms with Crippen LogP contribution in [0.4, 0.5) is 0 Å². The van der Waals surface area contributed by atoms with Gasteiger partial charge in [0.25, 0.3) is 5.19 Å². The summed E-state index contributed by atoms with van der Waals surface area (Å²) in [5.41, 5.74) is -0.428. The van der Waals surface area contributed by atoms with Crippen molar-refractivity contribution in [2.75, 3.05) is 7.11 Å². The monoisotopic (exact) mass is 194 g/mol. The van der Waals surface area contributed by atoms with E-state index in [-0.39, 0.29) is 4.87 Å². The first kappa shape index (κ1) is 8.55. The van der Waals surface area contributed by atoms with Crippen LogP contribution in [0.1, 0.15) is 12.4 Å². The van der Waals surface area contributed by atoms with Crippen molar-refractivity contribution in [3.63, 3.8) is 0 Å². The van der Waals surface area contributed by atoms with Gasteiger partial charge in [0.05, 0.1) is 7.11 Å². The fourth-order valence-electron chi connectivity index (χ4n) is 0.578. The Bertz CT molecular complexity index is 293. The molecule has 4 nitrogen and oxygen atoms in total. The van der Waals surface area contributed by atoms with Crippen molar-refractivity contribution in [2.24, 2.45) is 0 Å². The minimum atomic E-state index is -0.428. The van der Waals surface area contributed by atoms with Crippen molar-refractivity contribution in [3.8, 4) is 5.19 Å². The molecule has 0 aliphatic carbocycles. The van der Waals surface area contributed by atoms with Crippen molar-refractivity contribution in [1.82, 2.24) is 9.78 Å². The maximum Gasteiger partial charge on any atom is 0.329 e. The normalized spacial score (nSPS) is 13.0. The van der Waals surface area contributed by atoms with Gasteiger partial charge in [0, 0.05) is 0 Å². The van der Waals surface area contributed by atoms with Gasteiger partial charge in [-0.05, 0) is 18.3 Å². The predicted octanol–water partition coefficient (Wildman–Crippen LogP) is 1.07. The van der Waals surface area contributed by atoms with Crippen LogP contribution in [0.25, 0.3) is 0 Å². The van der Waals surface area contributed by atoms with E-state index >= 15 is 0 Å². The van der Waals surface area contributed by atoms with Gasteiger partial charge >= 0.3 is 4.87 Å². The summed E-state index contributed by atoms with van der Waals surface area (Å²) < 4.78 is 5.93. The number of hydrogen-bond acceptors (Lipinski definition) is 4. The van der Waals surface area contributed by atoms with E-state index in [1.807, 2.05) is 0 Å². The molecule has 0 saturated heterocycles. The highest BCUT2D eigenvalue weighted by Gasteiger charge is 2.09. The lowest BCUT2D eigenvalue weighted by Crippen LogP contribution is -2.15. The van der Waals surface area contributed by atoms with Gasteiger partial charge in [-0.2, -0.15) is 4.68 Å². The SMILES string of the molecule is COc1nn(C(C)Cl)c(=O)s1. The molecule has 0 aliphatic heterocycles. The number of ether oxygens (including phenoxy) is 1. The quantitative estimate of drug-likeness (QED) is 0.662. The molecular weight excluding hydrogens is 188 g/mol. The second-order valence-electron chi connectivity index (χ2n) is 1.86. The largest absolute Gasteiger partial charge is 0.472 e. The van der Waals surface area contributed by atoms with Gasteiger partial charge in [-0.3, -0.25) is 4.79 Å². The van der Waals surface area contributed by atoms with E-state index in [1.54, 1.807) is 6.92 Å². The number of nitrogens with zero attached hydrogens (tertiary/aromatic N) is 2. The van der Waals surface area contributed by atoms with Crippen LogP contribution in [0.2, 0.25) is 0 Å². The molecule has 1 rings (SSSR count). The molecule has 11 heavy (non-hydrogen) atoms. The molecule has 0 fully saturated rings. The van der Waals surface area contributed by atoms with Gasteiger partial charge in [0.15, 0.2) is 0 Å². The zero-order valence-corrected chi connectivity index (χ0v) is 7.65. The average Bonchev–Trinajstić information content (AvgIpc) is 2.30. The number of alkyl halides is 1. The highest BCUT2D eigenvalue weighted by molar-refractivity contribution is 7.10. The molecule has 0 aliphatic rings. The van der Waals surface area contributed by atoms with Crippen LogP contribution in [0.5, 0.6) is 5.19 Å². The zero-order chi connectivity index (χ0) is 8.43. The highest BCUT2D eigenvalue weighted by atomic mass is 35.5. The van der Waals surface area contributed by atoms with E-state index < -0.39 is 5.50 Å². The van der Waals surface area contributed by atoms with Gasteiger partial charge in [0.2, 0.25) is 0 Å². The van der Waals surface area contributed by atoms with Crippen LogP contribution in [0.3, 0.4) is 0 Å². The minimum absolute atomic E-state index is 0.204. The first-order valence-electron chi connectivity index (χ1n) is 2.93. The number of hydrogen-bond donors (Lipinski definition) is 0. The van der Waals surface area contributed by atoms with E-state index in [0.29, 0.717) is 5.19 Å². The lowest BCUT2D eigenvalue weighted by atomic mass is 10.8. The molecule has 1 unspecified atom stereocenters. The molecule has 0 N–H and O–H groups in total. The van der Waals surface area contributed by atoms with Crippen molar-refractivity contribution >= 4 is 22.9 Å². The molecule has 6 heteroatoms. The molecule has 0 radical (unpaired) electrons. The molecule has 0 spiro atoms. The smallest absolute Gasteiger partial charge is 0.329 e. The third kappa shape index (κ3) is 1.72. The van der Waals surface area contributed by atoms with E-state index in [0.717, 1.165) is 11.3 Å². The summed E-state index contributed by atoms with van der Waals surface area (Å²) in [7, 11) is 1.46. The molecule has 0 saturated carbocycles. The van der Waals surface area contributed by atoms with E-state index in [1.165, 1.54) is 11.8 Å². The van der Waals surface area contributed by atoms with Crippen molar-refractivity contribution in [1.29, 1.82) is 0 Å². The summed E-state index contributed by atoms with van der Waals surface area (Å²) in [4.78, 5) is 10.8. The molecular formula is C5H7ClN2O2S. The van der Waals surface area contributed by atoms with Crippen LogP contribution in [-0.2, 0) is 0 Å². The third-order valence-electron chi connectivity index (χ3n) is 1.06. The fourth-order valence-corrected chi connectivity index (χ4v) is 1.42. The first-order valence-corrected chi connectivity index (χ1v) is 4.18. The van der Waals surface area contributed by atoms with Crippen molar-refractivity contribution in [2.45, 2.75) is 12.4 Å². The zero-order valence-electron chi connectivity index (χ0n) is 6.07. The van der Waals surface area contributed by atoms with Gasteiger partial charge in [-0.15, -0.1) is 5.10 Å². The second kappa shape index (κ2) is 3.23. The summed E-state index contributed by atoms with van der Waals surface area (Å²) in [6.07, 6.45) is 0. The lowest BCUT2D eigenvalue weighted by molar-refractivity contribution is 0.396. The van der Waals surface area contributed by atoms with Crippen LogP contribution >= 0.6 is 22.9 Å². The molecule has 0 aromatic carbocycles. The Morgan fingerprint density at radius 1 is 1.82 bits per heavy atom. The highest BCUT2D eigenvalue weighted by Crippen LogP contribution is 2.13. The Morgan fingerprint density at radius 2 is 2.45 bits per heavy atom. The van der Waals surface area contributed by atoms with E-state index in [9.17, 15) is 4.79 Å². The molecule has 62 valence electrons. The van der Waals surface area contributed by atoms with Crippen LogP contribution in [0, 0.1) is 0 Å². The molecule has 0 amide bonds. The standard InChI is InChI=1S/C5H7ClN2O2S/c1-3(6)8-5(9)11-4(7-8)10-2/h3H,1-2H3. The number of aromatic nitrogens is 2. The topological polar surface area (TPSA) is 44.1 Å². The van der Waals surface area contributed by atoms with Gasteiger partial charge in [-0.25, -0.2) is 0 Å². The van der Waals surface area contributed by atoms with Crippen LogP contribution < -0.4 is 9.61 Å².